The fourth-order valence-electron chi connectivity index (χ4n) is 4.92. The van der Waals surface area contributed by atoms with Crippen LogP contribution in [0.2, 0.25) is 0 Å². The Labute approximate surface area is 205 Å². The first-order chi connectivity index (χ1) is 16.9. The van der Waals surface area contributed by atoms with Gasteiger partial charge in [0.25, 0.3) is 0 Å². The zero-order valence-corrected chi connectivity index (χ0v) is 20.4. The van der Waals surface area contributed by atoms with E-state index in [-0.39, 0.29) is 5.54 Å². The lowest BCUT2D eigenvalue weighted by Gasteiger charge is -2.48. The van der Waals surface area contributed by atoms with Gasteiger partial charge in [-0.1, -0.05) is 30.3 Å². The summed E-state index contributed by atoms with van der Waals surface area (Å²) in [4.78, 5) is 7.13. The van der Waals surface area contributed by atoms with Crippen molar-refractivity contribution >= 4 is 28.6 Å². The highest BCUT2D eigenvalue weighted by Crippen LogP contribution is 2.30. The molecule has 0 saturated carbocycles. The molecule has 0 atom stereocenters. The number of nitriles is 1. The van der Waals surface area contributed by atoms with E-state index >= 15 is 0 Å². The molecule has 8 heteroatoms. The number of aromatic nitrogens is 4. The molecule has 35 heavy (non-hydrogen) atoms. The van der Waals surface area contributed by atoms with Gasteiger partial charge in [0.1, 0.15) is 5.82 Å². The molecule has 8 nitrogen and oxygen atoms in total. The van der Waals surface area contributed by atoms with Crippen molar-refractivity contribution in [2.24, 2.45) is 4.99 Å². The normalized spacial score (nSPS) is 15.7. The molecule has 0 spiro atoms. The van der Waals surface area contributed by atoms with E-state index in [1.54, 1.807) is 0 Å². The monoisotopic (exact) mass is 466 g/mol. The minimum Gasteiger partial charge on any atom is -0.334 e. The molecule has 1 aliphatic rings. The second kappa shape index (κ2) is 9.08. The summed E-state index contributed by atoms with van der Waals surface area (Å²) in [7, 11) is 0. The quantitative estimate of drug-likeness (QED) is 0.393. The van der Waals surface area contributed by atoms with Gasteiger partial charge in [-0.05, 0) is 44.5 Å². The molecule has 0 bridgehead atoms. The molecule has 0 unspecified atom stereocenters. The highest BCUT2D eigenvalue weighted by atomic mass is 15.3. The van der Waals surface area contributed by atoms with Gasteiger partial charge in [-0.2, -0.15) is 5.26 Å². The van der Waals surface area contributed by atoms with Crippen molar-refractivity contribution < 1.29 is 0 Å². The molecular weight excluding hydrogens is 436 g/mol. The Balaban J connectivity index is 1.48. The zero-order valence-electron chi connectivity index (χ0n) is 20.4. The molecular formula is C27H30N8. The van der Waals surface area contributed by atoms with E-state index in [2.05, 4.69) is 63.8 Å². The smallest absolute Gasteiger partial charge is 0.161 e. The first-order valence-electron chi connectivity index (χ1n) is 12.0. The SMILES string of the molecule is Cc1nnc2ccc3c(cc(C(=N)CC=NC4(CC#N)CN(C(C)C)C4)n3Cc3ccccc3)n12. The van der Waals surface area contributed by atoms with Crippen molar-refractivity contribution in [2.45, 2.75) is 51.7 Å². The number of hydrogen-bond donors (Lipinski definition) is 1. The Kier molecular flexibility index (Phi) is 5.95. The van der Waals surface area contributed by atoms with Crippen LogP contribution in [0.25, 0.3) is 16.7 Å². The van der Waals surface area contributed by atoms with Crippen LogP contribution in [-0.4, -0.2) is 60.7 Å². The summed E-state index contributed by atoms with van der Waals surface area (Å²) in [5.41, 5.74) is 4.99. The van der Waals surface area contributed by atoms with Crippen molar-refractivity contribution in [2.75, 3.05) is 13.1 Å². The Hall–Kier alpha value is -3.83. The van der Waals surface area contributed by atoms with E-state index in [1.165, 1.54) is 5.56 Å². The lowest BCUT2D eigenvalue weighted by molar-refractivity contribution is 0.0469. The molecule has 1 N–H and O–H groups in total. The average molecular weight is 467 g/mol. The number of pyridine rings is 1. The van der Waals surface area contributed by atoms with Crippen LogP contribution in [0.15, 0.2) is 53.5 Å². The number of nitrogens with one attached hydrogen (secondary N) is 1. The van der Waals surface area contributed by atoms with Gasteiger partial charge in [0, 0.05) is 38.3 Å². The van der Waals surface area contributed by atoms with Gasteiger partial charge in [-0.25, -0.2) is 0 Å². The minimum atomic E-state index is -0.345. The van der Waals surface area contributed by atoms with Crippen molar-refractivity contribution in [3.05, 3.63) is 65.6 Å². The summed E-state index contributed by atoms with van der Waals surface area (Å²) >= 11 is 0. The van der Waals surface area contributed by atoms with Crippen molar-refractivity contribution in [1.82, 2.24) is 24.1 Å². The molecule has 178 valence electrons. The fraction of sp³-hybridized carbons (Fsp3) is 0.370. The Morgan fingerprint density at radius 3 is 2.66 bits per heavy atom. The molecule has 3 aromatic heterocycles. The predicted octanol–water partition coefficient (Wildman–Crippen LogP) is 4.25. The molecule has 0 aliphatic carbocycles. The zero-order chi connectivity index (χ0) is 24.6. The fourth-order valence-corrected chi connectivity index (χ4v) is 4.92. The highest BCUT2D eigenvalue weighted by Gasteiger charge is 2.43. The number of fused-ring (bicyclic) bond motifs is 3. The Bertz CT molecular complexity index is 1450. The topological polar surface area (TPSA) is 98.4 Å². The minimum absolute atomic E-state index is 0.345. The van der Waals surface area contributed by atoms with Crippen molar-refractivity contribution in [1.29, 1.82) is 10.7 Å². The van der Waals surface area contributed by atoms with Crippen LogP contribution >= 0.6 is 0 Å². The molecule has 1 aromatic carbocycles. The third kappa shape index (κ3) is 4.24. The van der Waals surface area contributed by atoms with Crippen LogP contribution in [0.4, 0.5) is 0 Å². The first-order valence-corrected chi connectivity index (χ1v) is 12.0. The lowest BCUT2D eigenvalue weighted by atomic mass is 9.86. The van der Waals surface area contributed by atoms with Gasteiger partial charge in [-0.15, -0.1) is 10.2 Å². The second-order valence-electron chi connectivity index (χ2n) is 9.70. The molecule has 1 saturated heterocycles. The third-order valence-electron chi connectivity index (χ3n) is 6.89. The van der Waals surface area contributed by atoms with Crippen molar-refractivity contribution in [3.8, 4) is 6.07 Å². The molecule has 0 amide bonds. The van der Waals surface area contributed by atoms with Crippen LogP contribution in [0.3, 0.4) is 0 Å². The molecule has 5 rings (SSSR count). The maximum Gasteiger partial charge on any atom is 0.161 e. The summed E-state index contributed by atoms with van der Waals surface area (Å²) in [5.74, 6) is 0.820. The predicted molar refractivity (Wildman–Crippen MR) is 138 cm³/mol. The standard InChI is InChI=1S/C27H30N8/c1-19(2)33-17-27(18-33,12-13-28)30-14-11-22(29)24-15-25-23(9-10-26-32-31-20(3)35(25)26)34(24)16-21-7-5-4-6-8-21/h4-10,14-15,19,29H,11-12,16-18H2,1-3H3. The van der Waals surface area contributed by atoms with Gasteiger partial charge in [0.2, 0.25) is 0 Å². The van der Waals surface area contributed by atoms with E-state index in [9.17, 15) is 5.26 Å². The largest absolute Gasteiger partial charge is 0.334 e. The van der Waals surface area contributed by atoms with Gasteiger partial charge in [0.15, 0.2) is 5.65 Å². The third-order valence-corrected chi connectivity index (χ3v) is 6.89. The number of benzene rings is 1. The Morgan fingerprint density at radius 2 is 1.94 bits per heavy atom. The second-order valence-corrected chi connectivity index (χ2v) is 9.70. The highest BCUT2D eigenvalue weighted by molar-refractivity contribution is 6.07. The lowest BCUT2D eigenvalue weighted by Crippen LogP contribution is -2.62. The van der Waals surface area contributed by atoms with Crippen LogP contribution < -0.4 is 0 Å². The molecule has 1 fully saturated rings. The number of aliphatic imine (C=N–C) groups is 1. The van der Waals surface area contributed by atoms with Crippen molar-refractivity contribution in [3.63, 3.8) is 0 Å². The van der Waals surface area contributed by atoms with Crippen LogP contribution in [-0.2, 0) is 6.54 Å². The van der Waals surface area contributed by atoms with E-state index < -0.39 is 0 Å². The molecule has 4 aromatic rings. The molecule has 0 radical (unpaired) electrons. The van der Waals surface area contributed by atoms with E-state index in [0.29, 0.717) is 31.1 Å². The summed E-state index contributed by atoms with van der Waals surface area (Å²) in [5, 5.41) is 26.8. The first kappa shape index (κ1) is 22.9. The average Bonchev–Trinajstić information content (AvgIpc) is 3.38. The number of nitrogens with zero attached hydrogens (tertiary/aromatic N) is 7. The number of hydrogen-bond acceptors (Lipinski definition) is 6. The maximum absolute atomic E-state index is 9.33. The van der Waals surface area contributed by atoms with Gasteiger partial charge in [-0.3, -0.25) is 14.3 Å². The van der Waals surface area contributed by atoms with E-state index in [4.69, 9.17) is 10.4 Å². The van der Waals surface area contributed by atoms with Crippen LogP contribution in [0, 0.1) is 23.7 Å². The number of rotatable bonds is 8. The molecule has 1 aliphatic heterocycles. The van der Waals surface area contributed by atoms with Crippen LogP contribution in [0.1, 0.15) is 43.8 Å². The summed E-state index contributed by atoms with van der Waals surface area (Å²) in [6, 6.07) is 19.1. The molecule has 4 heterocycles. The Morgan fingerprint density at radius 1 is 1.17 bits per heavy atom. The van der Waals surface area contributed by atoms with Gasteiger partial charge >= 0.3 is 0 Å². The van der Waals surface area contributed by atoms with Gasteiger partial charge in [0.05, 0.1) is 40.5 Å². The number of likely N-dealkylation sites (tertiary alicyclic amines) is 1. The van der Waals surface area contributed by atoms with Crippen LogP contribution in [0.5, 0.6) is 0 Å². The number of aryl methyl sites for hydroxylation is 1. The summed E-state index contributed by atoms with van der Waals surface area (Å²) < 4.78 is 4.23. The maximum atomic E-state index is 9.33. The van der Waals surface area contributed by atoms with E-state index in [0.717, 1.165) is 41.3 Å². The summed E-state index contributed by atoms with van der Waals surface area (Å²) in [6.07, 6.45) is 2.64. The van der Waals surface area contributed by atoms with E-state index in [1.807, 2.05) is 41.8 Å². The van der Waals surface area contributed by atoms with Gasteiger partial charge < -0.3 is 9.98 Å². The summed E-state index contributed by atoms with van der Waals surface area (Å²) in [6.45, 7) is 8.51.